The summed E-state index contributed by atoms with van der Waals surface area (Å²) in [6.07, 6.45) is 6.73. The third-order valence-electron chi connectivity index (χ3n) is 7.65. The van der Waals surface area contributed by atoms with Crippen LogP contribution in [0, 0.1) is 45.9 Å². The molecule has 0 N–H and O–H groups in total. The van der Waals surface area contributed by atoms with E-state index in [0.29, 0.717) is 17.9 Å². The van der Waals surface area contributed by atoms with Crippen LogP contribution in [0.4, 0.5) is 17.2 Å². The Bertz CT molecular complexity index is 1850. The molecule has 1 aliphatic rings. The van der Waals surface area contributed by atoms with Gasteiger partial charge >= 0.3 is 5.82 Å². The lowest BCUT2D eigenvalue weighted by atomic mass is 9.86. The normalized spacial score (nSPS) is 12.9. The third-order valence-corrected chi connectivity index (χ3v) is 7.65. The van der Waals surface area contributed by atoms with Crippen LogP contribution in [0.2, 0.25) is 0 Å². The van der Waals surface area contributed by atoms with Gasteiger partial charge in [0.05, 0.1) is 40.0 Å². The number of aliphatic imine (C=N–C) groups is 1. The van der Waals surface area contributed by atoms with Crippen molar-refractivity contribution in [1.82, 2.24) is 9.55 Å². The Labute approximate surface area is 311 Å². The first kappa shape index (κ1) is 45.4. The summed E-state index contributed by atoms with van der Waals surface area (Å²) in [5.41, 5.74) is 3.39. The van der Waals surface area contributed by atoms with Gasteiger partial charge in [-0.05, 0) is 47.5 Å². The highest BCUT2D eigenvalue weighted by Gasteiger charge is 2.26. The predicted octanol–water partition coefficient (Wildman–Crippen LogP) is 9.85. The topological polar surface area (TPSA) is 203 Å². The van der Waals surface area contributed by atoms with Gasteiger partial charge in [0.25, 0.3) is 11.4 Å². The highest BCUT2D eigenvalue weighted by molar-refractivity contribution is 5.75. The lowest BCUT2D eigenvalue weighted by molar-refractivity contribution is -0.426. The Hall–Kier alpha value is -5.60. The standard InChI is InChI=1S/2C10H13NO2.C9H14N4O2.C9H13NO2/c1-10(2,3)8-4-6-9(7-5-8)11(12)13;1-10(2,3)8-6-4-5-7-9(8)11(12)13;1-9(2,3)11-5-7-10-6-8(12(7)4)13(14)15;1-9(2,3)7-4-5-8(6-7)10(11)12/h2*4-7H,1-3H3;5-6H,1-4H3;4-5H,6H2,1-3H3. The number of hydrogen-bond donors (Lipinski definition) is 0. The Balaban J connectivity index is 0.000000354. The first-order valence-corrected chi connectivity index (χ1v) is 16.8. The summed E-state index contributed by atoms with van der Waals surface area (Å²) in [5, 5.41) is 42.0. The highest BCUT2D eigenvalue weighted by atomic mass is 16.6. The molecule has 0 atom stereocenters. The van der Waals surface area contributed by atoms with E-state index in [9.17, 15) is 40.5 Å². The van der Waals surface area contributed by atoms with Crippen molar-refractivity contribution in [2.75, 3.05) is 0 Å². The predicted molar refractivity (Wildman–Crippen MR) is 208 cm³/mol. The van der Waals surface area contributed by atoms with E-state index in [2.05, 4.69) is 51.5 Å². The molecule has 15 nitrogen and oxygen atoms in total. The molecule has 1 heterocycles. The fraction of sp³-hybridized carbons (Fsp3) is 0.474. The maximum Gasteiger partial charge on any atom is 0.342 e. The van der Waals surface area contributed by atoms with E-state index in [4.69, 9.17) is 0 Å². The average molecular weight is 736 g/mol. The van der Waals surface area contributed by atoms with E-state index in [1.165, 1.54) is 10.8 Å². The van der Waals surface area contributed by atoms with E-state index in [1.54, 1.807) is 61.8 Å². The number of rotatable bonds is 5. The molecule has 0 radical (unpaired) electrons. The van der Waals surface area contributed by atoms with Gasteiger partial charge in [0.2, 0.25) is 11.5 Å². The molecule has 1 aliphatic carbocycles. The molecule has 1 aromatic heterocycles. The lowest BCUT2D eigenvalue weighted by Crippen LogP contribution is -2.13. The van der Waals surface area contributed by atoms with E-state index in [1.807, 2.05) is 53.7 Å². The van der Waals surface area contributed by atoms with Crippen molar-refractivity contribution in [2.24, 2.45) is 17.5 Å². The van der Waals surface area contributed by atoms with Crippen LogP contribution in [-0.4, -0.2) is 41.0 Å². The average Bonchev–Trinajstić information content (AvgIpc) is 3.68. The number of allylic oxidation sites excluding steroid dienone is 3. The number of hydrogen-bond acceptors (Lipinski definition) is 10. The number of non-ortho nitro benzene ring substituents is 1. The van der Waals surface area contributed by atoms with Crippen molar-refractivity contribution in [1.29, 1.82) is 0 Å². The van der Waals surface area contributed by atoms with Crippen LogP contribution in [0.1, 0.15) is 106 Å². The van der Waals surface area contributed by atoms with E-state index < -0.39 is 4.92 Å². The minimum Gasteiger partial charge on any atom is -0.358 e. The van der Waals surface area contributed by atoms with Crippen LogP contribution < -0.4 is 0 Å². The molecule has 0 aliphatic heterocycles. The molecule has 0 saturated carbocycles. The number of imidazole rings is 1. The number of nitro groups is 4. The number of benzene rings is 2. The molecule has 0 spiro atoms. The van der Waals surface area contributed by atoms with Crippen LogP contribution >= 0.6 is 0 Å². The third kappa shape index (κ3) is 15.3. The second-order valence-corrected chi connectivity index (χ2v) is 16.3. The van der Waals surface area contributed by atoms with E-state index in [-0.39, 0.29) is 53.7 Å². The molecule has 0 amide bonds. The Kier molecular flexibility index (Phi) is 15.6. The quantitative estimate of drug-likeness (QED) is 0.139. The highest BCUT2D eigenvalue weighted by Crippen LogP contribution is 2.34. The SMILES string of the molecule is CC(C)(C)C1=CC=C([N+](=O)[O-])C1.CC(C)(C)c1ccc([N+](=O)[O-])cc1.CC(C)(C)c1ccccc1[N+](=O)[O-].Cn1c([N+](=O)[O-])cnc1C=NC(C)(C)C. The van der Waals surface area contributed by atoms with Crippen LogP contribution in [0.25, 0.3) is 0 Å². The summed E-state index contributed by atoms with van der Waals surface area (Å²) in [6, 6.07) is 13.6. The summed E-state index contributed by atoms with van der Waals surface area (Å²) < 4.78 is 1.40. The Morgan fingerprint density at radius 2 is 1.23 bits per heavy atom. The molecule has 288 valence electrons. The van der Waals surface area contributed by atoms with Crippen LogP contribution in [0.3, 0.4) is 0 Å². The molecule has 53 heavy (non-hydrogen) atoms. The van der Waals surface area contributed by atoms with Crippen molar-refractivity contribution < 1.29 is 19.7 Å². The summed E-state index contributed by atoms with van der Waals surface area (Å²) >= 11 is 0. The van der Waals surface area contributed by atoms with Crippen molar-refractivity contribution >= 4 is 23.4 Å². The van der Waals surface area contributed by atoms with Gasteiger partial charge in [-0.2, -0.15) is 0 Å². The van der Waals surface area contributed by atoms with Gasteiger partial charge in [-0.3, -0.25) is 35.3 Å². The lowest BCUT2D eigenvalue weighted by Gasteiger charge is -2.19. The van der Waals surface area contributed by atoms with Gasteiger partial charge in [0, 0.05) is 29.8 Å². The van der Waals surface area contributed by atoms with E-state index >= 15 is 0 Å². The molecule has 0 bridgehead atoms. The second kappa shape index (κ2) is 18.2. The molecule has 4 rings (SSSR count). The smallest absolute Gasteiger partial charge is 0.342 e. The summed E-state index contributed by atoms with van der Waals surface area (Å²) in [7, 11) is 1.59. The zero-order chi connectivity index (χ0) is 41.1. The molecule has 0 unspecified atom stereocenters. The van der Waals surface area contributed by atoms with Gasteiger partial charge in [-0.25, -0.2) is 9.55 Å². The number of aromatic nitrogens is 2. The largest absolute Gasteiger partial charge is 0.358 e. The Morgan fingerprint density at radius 1 is 0.679 bits per heavy atom. The molecular weight excluding hydrogens is 682 g/mol. The van der Waals surface area contributed by atoms with Gasteiger partial charge in [-0.1, -0.05) is 104 Å². The minimum atomic E-state index is -0.471. The maximum atomic E-state index is 10.7. The molecule has 2 aromatic carbocycles. The van der Waals surface area contributed by atoms with Crippen LogP contribution in [0.15, 0.2) is 83.1 Å². The van der Waals surface area contributed by atoms with Gasteiger partial charge in [0.1, 0.15) is 6.20 Å². The monoisotopic (exact) mass is 735 g/mol. The van der Waals surface area contributed by atoms with Crippen molar-refractivity contribution in [3.63, 3.8) is 0 Å². The van der Waals surface area contributed by atoms with Crippen molar-refractivity contribution in [2.45, 2.75) is 106 Å². The van der Waals surface area contributed by atoms with Crippen molar-refractivity contribution in [3.05, 3.63) is 136 Å². The first-order valence-electron chi connectivity index (χ1n) is 16.8. The van der Waals surface area contributed by atoms with Crippen molar-refractivity contribution in [3.8, 4) is 0 Å². The summed E-state index contributed by atoms with van der Waals surface area (Å²) in [6.45, 7) is 24.2. The number of nitrogens with zero attached hydrogens (tertiary/aromatic N) is 7. The van der Waals surface area contributed by atoms with Crippen LogP contribution in [-0.2, 0) is 17.9 Å². The maximum absolute atomic E-state index is 10.7. The second-order valence-electron chi connectivity index (χ2n) is 16.3. The van der Waals surface area contributed by atoms with Crippen LogP contribution in [0.5, 0.6) is 0 Å². The number of nitro benzene ring substituents is 2. The minimum absolute atomic E-state index is 0.0367. The zero-order valence-electron chi connectivity index (χ0n) is 33.0. The molecular formula is C38H53N7O8. The first-order chi connectivity index (χ1) is 24.1. The fourth-order valence-corrected chi connectivity index (χ4v) is 4.46. The summed E-state index contributed by atoms with van der Waals surface area (Å²) in [4.78, 5) is 48.6. The zero-order valence-corrected chi connectivity index (χ0v) is 33.0. The Morgan fingerprint density at radius 3 is 1.57 bits per heavy atom. The molecule has 15 heteroatoms. The van der Waals surface area contributed by atoms with Gasteiger partial charge in [0.15, 0.2) is 0 Å². The fourth-order valence-electron chi connectivity index (χ4n) is 4.46. The van der Waals surface area contributed by atoms with Gasteiger partial charge in [-0.15, -0.1) is 0 Å². The molecule has 3 aromatic rings. The molecule has 0 fully saturated rings. The number of para-hydroxylation sites is 1. The van der Waals surface area contributed by atoms with E-state index in [0.717, 1.165) is 16.7 Å². The van der Waals surface area contributed by atoms with Gasteiger partial charge < -0.3 is 10.1 Å². The molecule has 0 saturated heterocycles. The summed E-state index contributed by atoms with van der Waals surface area (Å²) in [5.74, 6) is 0.446.